The number of unbranched alkanes of at least 4 members (excludes halogenated alkanes) is 18. The molecule has 0 aliphatic carbocycles. The molecule has 0 aromatic rings. The second-order valence-corrected chi connectivity index (χ2v) is 14.7. The van der Waals surface area contributed by atoms with Gasteiger partial charge < -0.3 is 15.5 Å². The van der Waals surface area contributed by atoms with Crippen LogP contribution in [0, 0.1) is 0 Å². The van der Waals surface area contributed by atoms with E-state index in [4.69, 9.17) is 0 Å². The molecule has 0 aliphatic rings. The zero-order chi connectivity index (χ0) is 39.3. The number of carbonyl (C=O) groups is 1. The van der Waals surface area contributed by atoms with Crippen molar-refractivity contribution in [3.05, 3.63) is 97.2 Å². The smallest absolute Gasteiger partial charge is 0.220 e. The van der Waals surface area contributed by atoms with Gasteiger partial charge in [0, 0.05) is 6.42 Å². The highest BCUT2D eigenvalue weighted by Gasteiger charge is 2.17. The molecule has 0 aromatic carbocycles. The van der Waals surface area contributed by atoms with Crippen LogP contribution in [0.25, 0.3) is 0 Å². The van der Waals surface area contributed by atoms with Gasteiger partial charge in [-0.15, -0.1) is 0 Å². The van der Waals surface area contributed by atoms with Gasteiger partial charge in [0.1, 0.15) is 0 Å². The summed E-state index contributed by atoms with van der Waals surface area (Å²) in [6, 6.07) is -0.634. The zero-order valence-corrected chi connectivity index (χ0v) is 35.2. The van der Waals surface area contributed by atoms with Crippen LogP contribution < -0.4 is 5.32 Å². The molecule has 0 saturated heterocycles. The highest BCUT2D eigenvalue weighted by molar-refractivity contribution is 5.76. The molecule has 0 spiro atoms. The molecule has 0 fully saturated rings. The SMILES string of the molecule is CC/C=C\C/C=C\C/C=C\C/C=C\C/C=C\C/C=C\C/C=C\CCCCCCCCCC(=O)NC(CO)C(O)/C=C/CCCCCCCCCCCCC. The van der Waals surface area contributed by atoms with Gasteiger partial charge in [0.2, 0.25) is 5.91 Å². The van der Waals surface area contributed by atoms with Crippen LogP contribution in [0.15, 0.2) is 97.2 Å². The number of allylic oxidation sites excluding steroid dienone is 15. The molecule has 0 aliphatic heterocycles. The second-order valence-electron chi connectivity index (χ2n) is 14.7. The Balaban J connectivity index is 3.66. The Morgan fingerprint density at radius 1 is 0.463 bits per heavy atom. The summed E-state index contributed by atoms with van der Waals surface area (Å²) in [4.78, 5) is 12.4. The van der Waals surface area contributed by atoms with Crippen molar-refractivity contribution in [2.24, 2.45) is 0 Å². The number of rotatable bonds is 39. The predicted octanol–water partition coefficient (Wildman–Crippen LogP) is 14.2. The van der Waals surface area contributed by atoms with E-state index < -0.39 is 12.1 Å². The maximum Gasteiger partial charge on any atom is 0.220 e. The van der Waals surface area contributed by atoms with E-state index in [1.54, 1.807) is 6.08 Å². The average Bonchev–Trinajstić information content (AvgIpc) is 3.18. The fourth-order valence-corrected chi connectivity index (χ4v) is 6.16. The number of aliphatic hydroxyl groups excluding tert-OH is 2. The third-order valence-electron chi connectivity index (χ3n) is 9.57. The first-order valence-electron chi connectivity index (χ1n) is 22.5. The molecule has 2 atom stereocenters. The maximum absolute atomic E-state index is 12.4. The quantitative estimate of drug-likeness (QED) is 0.0433. The van der Waals surface area contributed by atoms with Gasteiger partial charge >= 0.3 is 0 Å². The van der Waals surface area contributed by atoms with Crippen molar-refractivity contribution in [1.82, 2.24) is 5.32 Å². The fraction of sp³-hybridized carbons (Fsp3) is 0.660. The predicted molar refractivity (Wildman–Crippen MR) is 239 cm³/mol. The largest absolute Gasteiger partial charge is 0.394 e. The van der Waals surface area contributed by atoms with E-state index in [9.17, 15) is 15.0 Å². The van der Waals surface area contributed by atoms with Crippen molar-refractivity contribution >= 4 is 5.91 Å². The topological polar surface area (TPSA) is 69.6 Å². The molecule has 54 heavy (non-hydrogen) atoms. The fourth-order valence-electron chi connectivity index (χ4n) is 6.16. The maximum atomic E-state index is 12.4. The molecule has 4 nitrogen and oxygen atoms in total. The van der Waals surface area contributed by atoms with Crippen LogP contribution in [-0.4, -0.2) is 34.9 Å². The highest BCUT2D eigenvalue weighted by Crippen LogP contribution is 2.13. The van der Waals surface area contributed by atoms with Gasteiger partial charge in [-0.25, -0.2) is 0 Å². The molecule has 3 N–H and O–H groups in total. The molecule has 1 amide bonds. The summed E-state index contributed by atoms with van der Waals surface area (Å²) in [5, 5.41) is 23.0. The van der Waals surface area contributed by atoms with Crippen molar-refractivity contribution in [1.29, 1.82) is 0 Å². The van der Waals surface area contributed by atoms with Crippen molar-refractivity contribution in [3.63, 3.8) is 0 Å². The van der Waals surface area contributed by atoms with E-state index >= 15 is 0 Å². The monoisotopic (exact) mass is 748 g/mol. The van der Waals surface area contributed by atoms with Crippen molar-refractivity contribution < 1.29 is 15.0 Å². The summed E-state index contributed by atoms with van der Waals surface area (Å²) in [5.41, 5.74) is 0. The van der Waals surface area contributed by atoms with Gasteiger partial charge in [-0.1, -0.05) is 207 Å². The van der Waals surface area contributed by atoms with Gasteiger partial charge in [-0.2, -0.15) is 0 Å². The zero-order valence-electron chi connectivity index (χ0n) is 35.2. The van der Waals surface area contributed by atoms with Gasteiger partial charge in [-0.05, 0) is 77.0 Å². The lowest BCUT2D eigenvalue weighted by Gasteiger charge is -2.20. The molecule has 0 saturated carbocycles. The Bertz CT molecular complexity index is 1030. The molecule has 2 unspecified atom stereocenters. The van der Waals surface area contributed by atoms with Crippen LogP contribution >= 0.6 is 0 Å². The lowest BCUT2D eigenvalue weighted by molar-refractivity contribution is -0.123. The Hall–Kier alpha value is -2.69. The number of aliphatic hydroxyl groups is 2. The third kappa shape index (κ3) is 40.5. The molecule has 0 heterocycles. The van der Waals surface area contributed by atoms with E-state index in [1.807, 2.05) is 6.08 Å². The van der Waals surface area contributed by atoms with E-state index in [-0.39, 0.29) is 12.5 Å². The van der Waals surface area contributed by atoms with E-state index in [0.717, 1.165) is 83.5 Å². The number of nitrogens with one attached hydrogen (secondary N) is 1. The van der Waals surface area contributed by atoms with Crippen LogP contribution in [0.2, 0.25) is 0 Å². The number of hydrogen-bond acceptors (Lipinski definition) is 3. The third-order valence-corrected chi connectivity index (χ3v) is 9.57. The van der Waals surface area contributed by atoms with Crippen molar-refractivity contribution in [2.75, 3.05) is 6.61 Å². The lowest BCUT2D eigenvalue weighted by Crippen LogP contribution is -2.45. The van der Waals surface area contributed by atoms with Crippen LogP contribution in [0.4, 0.5) is 0 Å². The molecule has 0 bridgehead atoms. The van der Waals surface area contributed by atoms with Crippen LogP contribution in [0.1, 0.15) is 194 Å². The molecular formula is C50H85NO3. The highest BCUT2D eigenvalue weighted by atomic mass is 16.3. The van der Waals surface area contributed by atoms with Gasteiger partial charge in [0.05, 0.1) is 18.8 Å². The minimum Gasteiger partial charge on any atom is -0.394 e. The standard InChI is InChI=1S/C50H85NO3/c1-3-5-7-9-11-13-15-17-18-19-20-21-22-23-24-25-26-27-28-29-30-31-32-34-36-38-40-42-44-46-50(54)51-48(47-52)49(53)45-43-41-39-37-35-33-16-14-12-10-8-6-4-2/h5,7,11,13,17-18,20-21,23-24,26-27,29-30,43,45,48-49,52-53H,3-4,6,8-10,12,14-16,19,22,25,28,31-42,44,46-47H2,1-2H3,(H,51,54)/b7-5-,13-11-,18-17-,21-20-,24-23-,27-26-,30-29-,45-43+. The van der Waals surface area contributed by atoms with E-state index in [1.165, 1.54) is 89.9 Å². The summed E-state index contributed by atoms with van der Waals surface area (Å²) in [6.45, 7) is 4.17. The Morgan fingerprint density at radius 2 is 0.815 bits per heavy atom. The summed E-state index contributed by atoms with van der Waals surface area (Å²) >= 11 is 0. The minimum absolute atomic E-state index is 0.0809. The van der Waals surface area contributed by atoms with Crippen molar-refractivity contribution in [3.8, 4) is 0 Å². The first kappa shape index (κ1) is 51.3. The molecule has 0 rings (SSSR count). The summed E-state index contributed by atoms with van der Waals surface area (Å²) in [5.74, 6) is -0.0809. The summed E-state index contributed by atoms with van der Waals surface area (Å²) < 4.78 is 0. The van der Waals surface area contributed by atoms with Crippen LogP contribution in [-0.2, 0) is 4.79 Å². The summed E-state index contributed by atoms with van der Waals surface area (Å²) in [6.07, 6.45) is 66.5. The Kier molecular flexibility index (Phi) is 42.5. The number of amides is 1. The van der Waals surface area contributed by atoms with Gasteiger partial charge in [0.15, 0.2) is 0 Å². The number of hydrogen-bond donors (Lipinski definition) is 3. The molecule has 4 heteroatoms. The van der Waals surface area contributed by atoms with Gasteiger partial charge in [0.25, 0.3) is 0 Å². The average molecular weight is 748 g/mol. The first-order chi connectivity index (χ1) is 26.7. The first-order valence-corrected chi connectivity index (χ1v) is 22.5. The lowest BCUT2D eigenvalue weighted by atomic mass is 10.0. The van der Waals surface area contributed by atoms with E-state index in [2.05, 4.69) is 104 Å². The summed E-state index contributed by atoms with van der Waals surface area (Å²) in [7, 11) is 0. The van der Waals surface area contributed by atoms with Crippen molar-refractivity contribution in [2.45, 2.75) is 206 Å². The van der Waals surface area contributed by atoms with E-state index in [0.29, 0.717) is 6.42 Å². The Labute approximate surface area is 334 Å². The normalized spacial score (nSPS) is 13.9. The van der Waals surface area contributed by atoms with Crippen LogP contribution in [0.3, 0.4) is 0 Å². The molecule has 0 aromatic heterocycles. The molecular weight excluding hydrogens is 663 g/mol. The Morgan fingerprint density at radius 3 is 1.22 bits per heavy atom. The minimum atomic E-state index is -0.849. The second kappa shape index (κ2) is 44.7. The molecule has 308 valence electrons. The van der Waals surface area contributed by atoms with Crippen LogP contribution in [0.5, 0.6) is 0 Å². The van der Waals surface area contributed by atoms with Gasteiger partial charge in [-0.3, -0.25) is 4.79 Å². The molecule has 0 radical (unpaired) electrons. The number of carbonyl (C=O) groups excluding carboxylic acids is 1.